The zero-order valence-corrected chi connectivity index (χ0v) is 19.4. The highest BCUT2D eigenvalue weighted by Gasteiger charge is 2.22. The summed E-state index contributed by atoms with van der Waals surface area (Å²) in [4.78, 5) is 9.60. The monoisotopic (exact) mass is 436 g/mol. The topological polar surface area (TPSA) is 61.0 Å². The maximum absolute atomic E-state index is 9.23. The number of hydrogen-bond acceptors (Lipinski definition) is 5. The summed E-state index contributed by atoms with van der Waals surface area (Å²) in [6.07, 6.45) is 6.29. The van der Waals surface area contributed by atoms with Crippen molar-refractivity contribution in [3.8, 4) is 28.3 Å². The summed E-state index contributed by atoms with van der Waals surface area (Å²) in [6.45, 7) is 2.00. The van der Waals surface area contributed by atoms with Gasteiger partial charge in [-0.3, -0.25) is 4.68 Å². The van der Waals surface area contributed by atoms with Gasteiger partial charge in [0.25, 0.3) is 0 Å². The highest BCUT2D eigenvalue weighted by Crippen LogP contribution is 2.36. The molecule has 0 atom stereocenters. The summed E-state index contributed by atoms with van der Waals surface area (Å²) < 4.78 is 1.84. The minimum absolute atomic E-state index is 0.628. The lowest BCUT2D eigenvalue weighted by molar-refractivity contribution is 0.249. The molecule has 1 saturated heterocycles. The van der Waals surface area contributed by atoms with E-state index in [1.165, 1.54) is 0 Å². The zero-order valence-electron chi connectivity index (χ0n) is 19.4. The standard InChI is InChI=1S/C27H28N6/c1-31(2)23-10-12-33(13-11-23)27-15-24(20-6-4-19(16-28)5-7-20)25(17-29-27)21-8-9-22-18-32(3)30-26(22)14-21/h4-9,14-15,17-18,23H,10-13H2,1-3H3. The molecule has 1 aliphatic rings. The Labute approximate surface area is 194 Å². The first-order valence-electron chi connectivity index (χ1n) is 11.4. The summed E-state index contributed by atoms with van der Waals surface area (Å²) in [5.41, 5.74) is 5.99. The third-order valence-electron chi connectivity index (χ3n) is 6.67. The fourth-order valence-corrected chi connectivity index (χ4v) is 4.73. The Balaban J connectivity index is 1.57. The van der Waals surface area contributed by atoms with Gasteiger partial charge in [-0.25, -0.2) is 4.98 Å². The lowest BCUT2D eigenvalue weighted by Gasteiger charge is -2.36. The lowest BCUT2D eigenvalue weighted by atomic mass is 9.95. The molecule has 1 aliphatic heterocycles. The van der Waals surface area contributed by atoms with Crippen LogP contribution in [0.25, 0.3) is 33.2 Å². The summed E-state index contributed by atoms with van der Waals surface area (Å²) in [5.74, 6) is 1.01. The zero-order chi connectivity index (χ0) is 22.9. The third-order valence-corrected chi connectivity index (χ3v) is 6.67. The van der Waals surface area contributed by atoms with Gasteiger partial charge in [0.15, 0.2) is 0 Å². The predicted molar refractivity (Wildman–Crippen MR) is 133 cm³/mol. The van der Waals surface area contributed by atoms with Crippen molar-refractivity contribution in [2.75, 3.05) is 32.1 Å². The molecule has 2 aromatic carbocycles. The molecule has 0 N–H and O–H groups in total. The molecular formula is C27H28N6. The molecular weight excluding hydrogens is 408 g/mol. The quantitative estimate of drug-likeness (QED) is 0.464. The number of nitrogens with zero attached hydrogens (tertiary/aromatic N) is 6. The fourth-order valence-electron chi connectivity index (χ4n) is 4.73. The minimum atomic E-state index is 0.628. The van der Waals surface area contributed by atoms with Crippen LogP contribution in [0.5, 0.6) is 0 Å². The van der Waals surface area contributed by atoms with Crippen molar-refractivity contribution in [1.29, 1.82) is 5.26 Å². The molecule has 1 fully saturated rings. The molecule has 3 heterocycles. The second kappa shape index (κ2) is 8.68. The van der Waals surface area contributed by atoms with E-state index < -0.39 is 0 Å². The smallest absolute Gasteiger partial charge is 0.129 e. The van der Waals surface area contributed by atoms with Crippen LogP contribution in [0.2, 0.25) is 0 Å². The summed E-state index contributed by atoms with van der Waals surface area (Å²) >= 11 is 0. The van der Waals surface area contributed by atoms with Crippen molar-refractivity contribution in [2.24, 2.45) is 7.05 Å². The van der Waals surface area contributed by atoms with Crippen molar-refractivity contribution in [2.45, 2.75) is 18.9 Å². The number of aromatic nitrogens is 3. The van der Waals surface area contributed by atoms with Gasteiger partial charge in [-0.2, -0.15) is 10.4 Å². The van der Waals surface area contributed by atoms with E-state index in [0.29, 0.717) is 11.6 Å². The van der Waals surface area contributed by atoms with E-state index in [2.05, 4.69) is 59.3 Å². The molecule has 0 amide bonds. The van der Waals surface area contributed by atoms with Gasteiger partial charge < -0.3 is 9.80 Å². The van der Waals surface area contributed by atoms with Crippen LogP contribution in [0.3, 0.4) is 0 Å². The average Bonchev–Trinajstić information content (AvgIpc) is 3.23. The maximum Gasteiger partial charge on any atom is 0.129 e. The molecule has 6 nitrogen and oxygen atoms in total. The second-order valence-corrected chi connectivity index (χ2v) is 9.04. The van der Waals surface area contributed by atoms with Gasteiger partial charge in [0.05, 0.1) is 17.1 Å². The van der Waals surface area contributed by atoms with Gasteiger partial charge in [-0.05, 0) is 67.9 Å². The van der Waals surface area contributed by atoms with Crippen LogP contribution in [0.1, 0.15) is 18.4 Å². The molecule has 4 aromatic rings. The molecule has 0 saturated carbocycles. The molecule has 0 aliphatic carbocycles. The highest BCUT2D eigenvalue weighted by atomic mass is 15.2. The van der Waals surface area contributed by atoms with Crippen LogP contribution in [-0.2, 0) is 7.05 Å². The SMILES string of the molecule is CN(C)C1CCN(c2cc(-c3ccc(C#N)cc3)c(-c3ccc4cn(C)nc4c3)cn2)CC1. The normalized spacial score (nSPS) is 14.7. The first-order valence-corrected chi connectivity index (χ1v) is 11.4. The predicted octanol–water partition coefficient (Wildman–Crippen LogP) is 4.70. The molecule has 2 aromatic heterocycles. The fraction of sp³-hybridized carbons (Fsp3) is 0.296. The number of pyridine rings is 1. The van der Waals surface area contributed by atoms with E-state index in [-0.39, 0.29) is 0 Å². The minimum Gasteiger partial charge on any atom is -0.356 e. The molecule has 5 rings (SSSR count). The number of nitriles is 1. The Kier molecular flexibility index (Phi) is 5.57. The van der Waals surface area contributed by atoms with Gasteiger partial charge in [-0.1, -0.05) is 24.3 Å². The van der Waals surface area contributed by atoms with Crippen molar-refractivity contribution in [1.82, 2.24) is 19.7 Å². The summed E-state index contributed by atoms with van der Waals surface area (Å²) in [7, 11) is 6.27. The lowest BCUT2D eigenvalue weighted by Crippen LogP contribution is -2.42. The van der Waals surface area contributed by atoms with Crippen LogP contribution in [0.15, 0.2) is 60.9 Å². The van der Waals surface area contributed by atoms with Crippen LogP contribution in [-0.4, -0.2) is 52.9 Å². The molecule has 6 heteroatoms. The van der Waals surface area contributed by atoms with E-state index in [4.69, 9.17) is 4.98 Å². The van der Waals surface area contributed by atoms with Gasteiger partial charge in [0, 0.05) is 49.5 Å². The number of fused-ring (bicyclic) bond motifs is 1. The Morgan fingerprint density at radius 3 is 2.39 bits per heavy atom. The largest absolute Gasteiger partial charge is 0.356 e. The van der Waals surface area contributed by atoms with Crippen LogP contribution in [0, 0.1) is 11.3 Å². The van der Waals surface area contributed by atoms with Crippen LogP contribution >= 0.6 is 0 Å². The first-order chi connectivity index (χ1) is 16.0. The van der Waals surface area contributed by atoms with Crippen LogP contribution < -0.4 is 4.90 Å². The van der Waals surface area contributed by atoms with E-state index in [9.17, 15) is 5.26 Å². The molecule has 33 heavy (non-hydrogen) atoms. The Morgan fingerprint density at radius 1 is 0.970 bits per heavy atom. The average molecular weight is 437 g/mol. The Bertz CT molecular complexity index is 1320. The molecule has 0 radical (unpaired) electrons. The third kappa shape index (κ3) is 4.20. The van der Waals surface area contributed by atoms with Crippen molar-refractivity contribution in [3.05, 3.63) is 66.5 Å². The van der Waals surface area contributed by atoms with Gasteiger partial charge in [-0.15, -0.1) is 0 Å². The van der Waals surface area contributed by atoms with E-state index >= 15 is 0 Å². The van der Waals surface area contributed by atoms with E-state index in [1.54, 1.807) is 0 Å². The molecule has 0 spiro atoms. The molecule has 0 unspecified atom stereocenters. The van der Waals surface area contributed by atoms with Gasteiger partial charge >= 0.3 is 0 Å². The number of aryl methyl sites for hydroxylation is 1. The van der Waals surface area contributed by atoms with Crippen molar-refractivity contribution in [3.63, 3.8) is 0 Å². The van der Waals surface area contributed by atoms with Crippen molar-refractivity contribution >= 4 is 16.7 Å². The number of piperidine rings is 1. The number of rotatable bonds is 4. The second-order valence-electron chi connectivity index (χ2n) is 9.04. The molecule has 0 bridgehead atoms. The number of anilines is 1. The van der Waals surface area contributed by atoms with E-state index in [1.807, 2.05) is 48.4 Å². The first kappa shape index (κ1) is 21.2. The molecule has 166 valence electrons. The van der Waals surface area contributed by atoms with Crippen LogP contribution in [0.4, 0.5) is 5.82 Å². The van der Waals surface area contributed by atoms with Gasteiger partial charge in [0.2, 0.25) is 0 Å². The van der Waals surface area contributed by atoms with Gasteiger partial charge in [0.1, 0.15) is 5.82 Å². The maximum atomic E-state index is 9.23. The Hall–Kier alpha value is -3.69. The van der Waals surface area contributed by atoms with Crippen molar-refractivity contribution < 1.29 is 0 Å². The Morgan fingerprint density at radius 2 is 1.70 bits per heavy atom. The number of benzene rings is 2. The van der Waals surface area contributed by atoms with E-state index in [0.717, 1.165) is 64.9 Å². The summed E-state index contributed by atoms with van der Waals surface area (Å²) in [6, 6.07) is 19.2. The summed E-state index contributed by atoms with van der Waals surface area (Å²) in [5, 5.41) is 14.9. The highest BCUT2D eigenvalue weighted by molar-refractivity contribution is 5.90. The number of hydrogen-bond donors (Lipinski definition) is 0.